The van der Waals surface area contributed by atoms with Crippen molar-refractivity contribution in [3.05, 3.63) is 93.9 Å². The lowest BCUT2D eigenvalue weighted by atomic mass is 9.96. The van der Waals surface area contributed by atoms with Gasteiger partial charge in [-0.25, -0.2) is 18.4 Å². The molecule has 46 heavy (non-hydrogen) atoms. The van der Waals surface area contributed by atoms with Crippen LogP contribution in [0.1, 0.15) is 55.5 Å². The minimum absolute atomic E-state index is 0.0840. The first-order valence-electron chi connectivity index (χ1n) is 15.3. The van der Waals surface area contributed by atoms with E-state index < -0.39 is 32.3 Å². The van der Waals surface area contributed by atoms with Gasteiger partial charge in [0.05, 0.1) is 16.2 Å². The van der Waals surface area contributed by atoms with E-state index >= 15 is 0 Å². The first kappa shape index (κ1) is 33.9. The summed E-state index contributed by atoms with van der Waals surface area (Å²) in [6.07, 6.45) is 4.33. The van der Waals surface area contributed by atoms with E-state index in [1.807, 2.05) is 12.1 Å². The lowest BCUT2D eigenvalue weighted by Crippen LogP contribution is -2.47. The fourth-order valence-corrected chi connectivity index (χ4v) is 7.32. The second kappa shape index (κ2) is 14.1. The molecule has 5 rings (SSSR count). The standard InChI is InChI=1S/C33H38ClF3N6O2S/c1-3-4-5-27(23-6-8-24(34)9-7-23)22(2)19-42-15-12-25(13-16-42)43-17-14-28-31(20-43)39-21-40-32(28)41-46(44,45)26-10-11-30(38)29(18-26)33(35,36)37/h4-11,18,21,25H,3,12-17,19-20,38H2,1-2H3,(H,39,40,41)/b5-4-,27-22-. The molecule has 0 radical (unpaired) electrons. The number of nitrogens with zero attached hydrogens (tertiary/aromatic N) is 4. The van der Waals surface area contributed by atoms with Crippen LogP contribution < -0.4 is 10.5 Å². The highest BCUT2D eigenvalue weighted by Crippen LogP contribution is 2.36. The van der Waals surface area contributed by atoms with Gasteiger partial charge in [0, 0.05) is 41.9 Å². The number of alkyl halides is 3. The molecule has 0 spiro atoms. The number of nitrogens with two attached hydrogens (primary N) is 1. The average Bonchev–Trinajstić information content (AvgIpc) is 3.02. The zero-order chi connectivity index (χ0) is 33.1. The molecule has 3 aromatic rings. The number of rotatable bonds is 9. The fourth-order valence-electron chi connectivity index (χ4n) is 6.12. The first-order valence-corrected chi connectivity index (χ1v) is 17.1. The van der Waals surface area contributed by atoms with E-state index in [9.17, 15) is 21.6 Å². The van der Waals surface area contributed by atoms with Crippen molar-refractivity contribution in [2.45, 2.75) is 63.2 Å². The number of allylic oxidation sites excluding steroid dienone is 3. The van der Waals surface area contributed by atoms with Gasteiger partial charge in [-0.3, -0.25) is 14.5 Å². The number of halogens is 4. The highest BCUT2D eigenvalue weighted by Gasteiger charge is 2.35. The summed E-state index contributed by atoms with van der Waals surface area (Å²) in [7, 11) is -4.36. The summed E-state index contributed by atoms with van der Waals surface area (Å²) in [6, 6.07) is 10.8. The largest absolute Gasteiger partial charge is 0.418 e. The number of anilines is 2. The Bertz CT molecular complexity index is 1720. The lowest BCUT2D eigenvalue weighted by Gasteiger charge is -2.40. The first-order chi connectivity index (χ1) is 21.9. The van der Waals surface area contributed by atoms with Crippen LogP contribution in [-0.2, 0) is 29.2 Å². The summed E-state index contributed by atoms with van der Waals surface area (Å²) >= 11 is 6.12. The number of benzene rings is 2. The molecule has 13 heteroatoms. The number of sulfonamides is 1. The monoisotopic (exact) mass is 674 g/mol. The van der Waals surface area contributed by atoms with Gasteiger partial charge in [0.25, 0.3) is 10.0 Å². The van der Waals surface area contributed by atoms with Crippen LogP contribution in [0, 0.1) is 0 Å². The Labute approximate surface area is 273 Å². The van der Waals surface area contributed by atoms with Crippen molar-refractivity contribution in [1.82, 2.24) is 19.8 Å². The summed E-state index contributed by atoms with van der Waals surface area (Å²) < 4.78 is 68.6. The Morgan fingerprint density at radius 1 is 1.11 bits per heavy atom. The quantitative estimate of drug-likeness (QED) is 0.190. The number of piperidine rings is 1. The molecule has 1 aromatic heterocycles. The van der Waals surface area contributed by atoms with Crippen LogP contribution in [0.2, 0.25) is 5.02 Å². The van der Waals surface area contributed by atoms with E-state index in [4.69, 9.17) is 17.3 Å². The molecule has 2 aliphatic heterocycles. The predicted molar refractivity (Wildman–Crippen MR) is 176 cm³/mol. The number of hydrogen-bond acceptors (Lipinski definition) is 7. The normalized spacial score (nSPS) is 17.6. The number of nitrogen functional groups attached to an aromatic ring is 1. The maximum atomic E-state index is 13.4. The fraction of sp³-hybridized carbons (Fsp3) is 0.394. The molecule has 0 unspecified atom stereocenters. The third kappa shape index (κ3) is 7.91. The van der Waals surface area contributed by atoms with Gasteiger partial charge in [-0.2, -0.15) is 13.2 Å². The SMILES string of the molecule is CC/C=C\C(=C(/C)CN1CCC(N2CCc3c(ncnc3NS(=O)(=O)c3ccc(N)c(C(F)(F)F)c3)C2)CC1)c1ccc(Cl)cc1. The highest BCUT2D eigenvalue weighted by molar-refractivity contribution is 7.92. The van der Waals surface area contributed by atoms with E-state index in [2.05, 4.69) is 62.6 Å². The van der Waals surface area contributed by atoms with Gasteiger partial charge >= 0.3 is 6.18 Å². The van der Waals surface area contributed by atoms with E-state index in [1.165, 1.54) is 17.5 Å². The Morgan fingerprint density at radius 3 is 2.50 bits per heavy atom. The molecule has 3 N–H and O–H groups in total. The van der Waals surface area contributed by atoms with Crippen LogP contribution >= 0.6 is 11.6 Å². The molecule has 2 aromatic carbocycles. The summed E-state index contributed by atoms with van der Waals surface area (Å²) in [4.78, 5) is 12.9. The predicted octanol–water partition coefficient (Wildman–Crippen LogP) is 6.79. The van der Waals surface area contributed by atoms with Gasteiger partial charge in [0.1, 0.15) is 12.1 Å². The Balaban J connectivity index is 1.23. The molecule has 0 aliphatic carbocycles. The second-order valence-corrected chi connectivity index (χ2v) is 13.9. The van der Waals surface area contributed by atoms with Gasteiger partial charge in [0.15, 0.2) is 0 Å². The third-order valence-corrected chi connectivity index (χ3v) is 10.2. The molecule has 246 valence electrons. The molecule has 0 atom stereocenters. The van der Waals surface area contributed by atoms with Crippen LogP contribution in [0.3, 0.4) is 0 Å². The maximum absolute atomic E-state index is 13.4. The van der Waals surface area contributed by atoms with Crippen LogP contribution in [0.4, 0.5) is 24.7 Å². The number of hydrogen-bond donors (Lipinski definition) is 2. The lowest BCUT2D eigenvalue weighted by molar-refractivity contribution is -0.137. The molecule has 1 saturated heterocycles. The van der Waals surface area contributed by atoms with E-state index in [0.717, 1.165) is 56.6 Å². The van der Waals surface area contributed by atoms with Crippen LogP contribution in [0.25, 0.3) is 5.57 Å². The van der Waals surface area contributed by atoms with Crippen molar-refractivity contribution in [3.63, 3.8) is 0 Å². The van der Waals surface area contributed by atoms with Gasteiger partial charge in [-0.15, -0.1) is 0 Å². The van der Waals surface area contributed by atoms with Crippen LogP contribution in [0.5, 0.6) is 0 Å². The number of nitrogens with one attached hydrogen (secondary N) is 1. The molecular weight excluding hydrogens is 637 g/mol. The molecular formula is C33H38ClF3N6O2S. The molecule has 0 bridgehead atoms. The Hall–Kier alpha value is -3.45. The van der Waals surface area contributed by atoms with Crippen molar-refractivity contribution < 1.29 is 21.6 Å². The number of aromatic nitrogens is 2. The number of likely N-dealkylation sites (tertiary alicyclic amines) is 1. The van der Waals surface area contributed by atoms with Crippen LogP contribution in [-0.4, -0.2) is 60.4 Å². The summed E-state index contributed by atoms with van der Waals surface area (Å²) in [5, 5.41) is 0.715. The van der Waals surface area contributed by atoms with E-state index in [-0.39, 0.29) is 5.82 Å². The van der Waals surface area contributed by atoms with Gasteiger partial charge in [-0.1, -0.05) is 48.4 Å². The zero-order valence-corrected chi connectivity index (χ0v) is 27.4. The van der Waals surface area contributed by atoms with E-state index in [0.29, 0.717) is 47.9 Å². The third-order valence-electron chi connectivity index (χ3n) is 8.58. The molecule has 1 fully saturated rings. The summed E-state index contributed by atoms with van der Waals surface area (Å²) in [5.41, 5.74) is 8.74. The Kier molecular flexibility index (Phi) is 10.4. The van der Waals surface area contributed by atoms with E-state index in [1.54, 1.807) is 0 Å². The molecule has 0 amide bonds. The summed E-state index contributed by atoms with van der Waals surface area (Å²) in [6.45, 7) is 8.32. The topological polar surface area (TPSA) is 104 Å². The molecule has 3 heterocycles. The van der Waals surface area contributed by atoms with Gasteiger partial charge in [-0.05, 0) is 87.2 Å². The van der Waals surface area contributed by atoms with Gasteiger partial charge in [0.2, 0.25) is 0 Å². The summed E-state index contributed by atoms with van der Waals surface area (Å²) in [5.74, 6) is 0.0840. The van der Waals surface area contributed by atoms with Crippen LogP contribution in [0.15, 0.2) is 71.4 Å². The molecule has 0 saturated carbocycles. The maximum Gasteiger partial charge on any atom is 0.418 e. The van der Waals surface area contributed by atoms with Gasteiger partial charge < -0.3 is 5.73 Å². The van der Waals surface area contributed by atoms with Crippen molar-refractivity contribution in [3.8, 4) is 0 Å². The molecule has 2 aliphatic rings. The van der Waals surface area contributed by atoms with Crippen molar-refractivity contribution in [2.24, 2.45) is 0 Å². The van der Waals surface area contributed by atoms with Crippen molar-refractivity contribution in [1.29, 1.82) is 0 Å². The minimum atomic E-state index is -4.79. The smallest absolute Gasteiger partial charge is 0.398 e. The highest BCUT2D eigenvalue weighted by atomic mass is 35.5. The molecule has 8 nitrogen and oxygen atoms in total. The number of fused-ring (bicyclic) bond motifs is 1. The average molecular weight is 675 g/mol. The minimum Gasteiger partial charge on any atom is -0.398 e. The Morgan fingerprint density at radius 2 is 1.83 bits per heavy atom. The van der Waals surface area contributed by atoms with Crippen molar-refractivity contribution in [2.75, 3.05) is 36.6 Å². The van der Waals surface area contributed by atoms with Crippen molar-refractivity contribution >= 4 is 38.7 Å². The zero-order valence-electron chi connectivity index (χ0n) is 25.8. The second-order valence-electron chi connectivity index (χ2n) is 11.7.